The summed E-state index contributed by atoms with van der Waals surface area (Å²) in [6.45, 7) is 2.27. The molecule has 0 spiro atoms. The summed E-state index contributed by atoms with van der Waals surface area (Å²) < 4.78 is 0. The van der Waals surface area contributed by atoms with Crippen molar-refractivity contribution in [1.29, 1.82) is 5.26 Å². The first-order valence-electron chi connectivity index (χ1n) is 8.43. The molecule has 0 radical (unpaired) electrons. The highest BCUT2D eigenvalue weighted by Crippen LogP contribution is 2.40. The van der Waals surface area contributed by atoms with E-state index in [1.807, 2.05) is 36.5 Å². The van der Waals surface area contributed by atoms with Crippen LogP contribution in [0, 0.1) is 17.2 Å². The Bertz CT molecular complexity index is 959. The molecule has 4 nitrogen and oxygen atoms in total. The van der Waals surface area contributed by atoms with Gasteiger partial charge < -0.3 is 0 Å². The first-order valence-corrected chi connectivity index (χ1v) is 9.25. The van der Waals surface area contributed by atoms with Crippen LogP contribution in [0.1, 0.15) is 34.9 Å². The van der Waals surface area contributed by atoms with Gasteiger partial charge in [-0.25, -0.2) is 4.99 Å². The van der Waals surface area contributed by atoms with Crippen LogP contribution < -0.4 is 0 Å². The zero-order valence-corrected chi connectivity index (χ0v) is 14.8. The second-order valence-corrected chi connectivity index (χ2v) is 7.55. The molecule has 1 atom stereocenters. The molecular weight excluding hydrogens is 328 g/mol. The summed E-state index contributed by atoms with van der Waals surface area (Å²) in [5.74, 6) is 0.688. The molecule has 4 rings (SSSR count). The molecule has 0 aliphatic heterocycles. The van der Waals surface area contributed by atoms with Crippen LogP contribution in [-0.4, -0.2) is 16.4 Å². The van der Waals surface area contributed by atoms with Crippen molar-refractivity contribution in [3.63, 3.8) is 0 Å². The van der Waals surface area contributed by atoms with Gasteiger partial charge in [0.1, 0.15) is 11.1 Å². The summed E-state index contributed by atoms with van der Waals surface area (Å²) in [5.41, 5.74) is 4.91. The summed E-state index contributed by atoms with van der Waals surface area (Å²) in [6.07, 6.45) is 6.79. The van der Waals surface area contributed by atoms with Crippen molar-refractivity contribution in [1.82, 2.24) is 10.2 Å². The van der Waals surface area contributed by atoms with E-state index in [1.165, 1.54) is 10.4 Å². The molecule has 2 heterocycles. The van der Waals surface area contributed by atoms with Crippen molar-refractivity contribution in [3.8, 4) is 17.3 Å². The van der Waals surface area contributed by atoms with Crippen LogP contribution in [0.5, 0.6) is 0 Å². The fraction of sp³-hybridized carbons (Fsp3) is 0.250. The first-order chi connectivity index (χ1) is 12.3. The summed E-state index contributed by atoms with van der Waals surface area (Å²) in [5, 5.41) is 17.6. The Morgan fingerprint density at radius 2 is 2.20 bits per heavy atom. The van der Waals surface area contributed by atoms with Gasteiger partial charge in [-0.05, 0) is 30.7 Å². The maximum atomic E-state index is 9.58. The van der Waals surface area contributed by atoms with Gasteiger partial charge in [-0.15, -0.1) is 11.3 Å². The minimum Gasteiger partial charge on any atom is -0.277 e. The molecule has 0 fully saturated rings. The fourth-order valence-electron chi connectivity index (χ4n) is 3.30. The molecule has 0 saturated heterocycles. The number of hydrogen-bond acceptors (Lipinski definition) is 4. The monoisotopic (exact) mass is 346 g/mol. The van der Waals surface area contributed by atoms with Gasteiger partial charge in [-0.3, -0.25) is 5.10 Å². The molecule has 0 saturated carbocycles. The highest BCUT2D eigenvalue weighted by Gasteiger charge is 2.23. The lowest BCUT2D eigenvalue weighted by Crippen LogP contribution is -2.09. The molecule has 1 aliphatic carbocycles. The number of nitrogens with zero attached hydrogens (tertiary/aromatic N) is 3. The number of aromatic amines is 1. The fourth-order valence-corrected chi connectivity index (χ4v) is 4.61. The Hall–Kier alpha value is -2.71. The standard InChI is InChI=1S/C20H18N4S/c1-13-7-8-16-17(10-21)20(25-18(16)9-13)22-11-15-12-23-24-19(15)14-5-3-2-4-6-14/h2-6,11-13H,7-9H2,1H3,(H,23,24)/t13-/m0/s1. The lowest BCUT2D eigenvalue weighted by Gasteiger charge is -2.17. The largest absolute Gasteiger partial charge is 0.277 e. The summed E-state index contributed by atoms with van der Waals surface area (Å²) >= 11 is 1.66. The third-order valence-corrected chi connectivity index (χ3v) is 5.82. The second-order valence-electron chi connectivity index (χ2n) is 6.47. The topological polar surface area (TPSA) is 64.8 Å². The minimum absolute atomic E-state index is 0.688. The zero-order valence-electron chi connectivity index (χ0n) is 14.0. The molecule has 2 aromatic heterocycles. The number of aliphatic imine (C=N–C) groups is 1. The van der Waals surface area contributed by atoms with Gasteiger partial charge in [0, 0.05) is 22.2 Å². The van der Waals surface area contributed by atoms with Gasteiger partial charge in [0.25, 0.3) is 0 Å². The van der Waals surface area contributed by atoms with Gasteiger partial charge in [0.15, 0.2) is 0 Å². The molecule has 1 aromatic carbocycles. The normalized spacial score (nSPS) is 16.7. The van der Waals surface area contributed by atoms with E-state index >= 15 is 0 Å². The number of fused-ring (bicyclic) bond motifs is 1. The van der Waals surface area contributed by atoms with E-state index in [0.29, 0.717) is 5.92 Å². The van der Waals surface area contributed by atoms with Crippen LogP contribution >= 0.6 is 11.3 Å². The molecule has 0 bridgehead atoms. The van der Waals surface area contributed by atoms with E-state index in [-0.39, 0.29) is 0 Å². The number of aromatic nitrogens is 2. The van der Waals surface area contributed by atoms with Gasteiger partial charge in [-0.1, -0.05) is 37.3 Å². The Kier molecular flexibility index (Phi) is 4.21. The zero-order chi connectivity index (χ0) is 17.2. The molecule has 3 aromatic rings. The van der Waals surface area contributed by atoms with Crippen LogP contribution in [0.3, 0.4) is 0 Å². The third-order valence-electron chi connectivity index (χ3n) is 4.66. The molecule has 0 amide bonds. The van der Waals surface area contributed by atoms with Crippen LogP contribution in [0.2, 0.25) is 0 Å². The molecule has 0 unspecified atom stereocenters. The van der Waals surface area contributed by atoms with E-state index in [2.05, 4.69) is 28.2 Å². The van der Waals surface area contributed by atoms with Crippen LogP contribution in [-0.2, 0) is 12.8 Å². The van der Waals surface area contributed by atoms with Crippen LogP contribution in [0.4, 0.5) is 5.00 Å². The quantitative estimate of drug-likeness (QED) is 0.687. The van der Waals surface area contributed by atoms with Crippen molar-refractivity contribution in [2.45, 2.75) is 26.2 Å². The van der Waals surface area contributed by atoms with Gasteiger partial charge in [0.05, 0.1) is 17.5 Å². The third kappa shape index (κ3) is 3.01. The maximum absolute atomic E-state index is 9.58. The summed E-state index contributed by atoms with van der Waals surface area (Å²) in [4.78, 5) is 5.98. The summed E-state index contributed by atoms with van der Waals surface area (Å²) in [6, 6.07) is 12.4. The molecule has 5 heteroatoms. The lowest BCUT2D eigenvalue weighted by molar-refractivity contribution is 0.507. The second kappa shape index (κ2) is 6.66. The van der Waals surface area contributed by atoms with E-state index in [1.54, 1.807) is 17.5 Å². The first kappa shape index (κ1) is 15.8. The molecule has 1 aliphatic rings. The maximum Gasteiger partial charge on any atom is 0.134 e. The molecule has 25 heavy (non-hydrogen) atoms. The van der Waals surface area contributed by atoms with Crippen molar-refractivity contribution in [2.75, 3.05) is 0 Å². The van der Waals surface area contributed by atoms with E-state index < -0.39 is 0 Å². The Morgan fingerprint density at radius 3 is 3.00 bits per heavy atom. The predicted octanol–water partition coefficient (Wildman–Crippen LogP) is 4.89. The summed E-state index contributed by atoms with van der Waals surface area (Å²) in [7, 11) is 0. The number of benzene rings is 1. The van der Waals surface area contributed by atoms with Gasteiger partial charge in [-0.2, -0.15) is 10.4 Å². The lowest BCUT2D eigenvalue weighted by atomic mass is 9.89. The Balaban J connectivity index is 1.68. The van der Waals surface area contributed by atoms with Crippen molar-refractivity contribution < 1.29 is 0 Å². The highest BCUT2D eigenvalue weighted by molar-refractivity contribution is 7.16. The minimum atomic E-state index is 0.688. The number of hydrogen-bond donors (Lipinski definition) is 1. The van der Waals surface area contributed by atoms with Crippen molar-refractivity contribution in [3.05, 3.63) is 58.1 Å². The van der Waals surface area contributed by atoms with E-state index in [9.17, 15) is 5.26 Å². The Labute approximate surface area is 150 Å². The van der Waals surface area contributed by atoms with Gasteiger partial charge in [0.2, 0.25) is 0 Å². The van der Waals surface area contributed by atoms with Crippen LogP contribution in [0.15, 0.2) is 41.5 Å². The van der Waals surface area contributed by atoms with Gasteiger partial charge >= 0.3 is 0 Å². The van der Waals surface area contributed by atoms with E-state index in [0.717, 1.165) is 46.6 Å². The number of rotatable bonds is 3. The highest BCUT2D eigenvalue weighted by atomic mass is 32.1. The average Bonchev–Trinajstić information content (AvgIpc) is 3.24. The number of thiophene rings is 1. The predicted molar refractivity (Wildman–Crippen MR) is 102 cm³/mol. The number of H-pyrrole nitrogens is 1. The Morgan fingerprint density at radius 1 is 1.36 bits per heavy atom. The number of nitrogens with one attached hydrogen (secondary N) is 1. The average molecular weight is 346 g/mol. The van der Waals surface area contributed by atoms with E-state index in [4.69, 9.17) is 0 Å². The smallest absolute Gasteiger partial charge is 0.134 e. The SMILES string of the molecule is C[C@H]1CCc2c(sc(N=Cc3cn[nH]c3-c3ccccc3)c2C#N)C1. The van der Waals surface area contributed by atoms with Crippen molar-refractivity contribution >= 4 is 22.6 Å². The van der Waals surface area contributed by atoms with Crippen LogP contribution in [0.25, 0.3) is 11.3 Å². The number of nitriles is 1. The molecule has 124 valence electrons. The molecular formula is C20H18N4S. The van der Waals surface area contributed by atoms with Crippen molar-refractivity contribution in [2.24, 2.45) is 10.9 Å². The molecule has 1 N–H and O–H groups in total.